The van der Waals surface area contributed by atoms with Gasteiger partial charge in [0, 0.05) is 19.3 Å². The maximum Gasteiger partial charge on any atom is 0.290 e. The second kappa shape index (κ2) is 6.13. The number of nitrogens with one attached hydrogen (secondary N) is 1. The Hall–Kier alpha value is -3.01. The van der Waals surface area contributed by atoms with Crippen LogP contribution in [0.1, 0.15) is 0 Å². The Morgan fingerprint density at radius 1 is 1.16 bits per heavy atom. The average Bonchev–Trinajstić information content (AvgIpc) is 3.04. The second-order valence-electron chi connectivity index (χ2n) is 5.20. The van der Waals surface area contributed by atoms with E-state index in [-0.39, 0.29) is 16.1 Å². The fraction of sp³-hybridized carbons (Fsp3) is 0.200. The van der Waals surface area contributed by atoms with Gasteiger partial charge in [0.1, 0.15) is 28.2 Å². The van der Waals surface area contributed by atoms with Gasteiger partial charge in [-0.15, -0.1) is 0 Å². The molecule has 0 aliphatic carbocycles. The van der Waals surface area contributed by atoms with E-state index in [4.69, 9.17) is 9.47 Å². The van der Waals surface area contributed by atoms with E-state index in [0.29, 0.717) is 11.5 Å². The summed E-state index contributed by atoms with van der Waals surface area (Å²) < 4.78 is 40.6. The Morgan fingerprint density at radius 3 is 2.60 bits per heavy atom. The van der Waals surface area contributed by atoms with Crippen LogP contribution in [0, 0.1) is 0 Å². The molecule has 0 saturated carbocycles. The van der Waals surface area contributed by atoms with Gasteiger partial charge >= 0.3 is 0 Å². The summed E-state index contributed by atoms with van der Waals surface area (Å²) in [5, 5.41) is 3.85. The molecule has 0 saturated heterocycles. The Kier molecular flexibility index (Phi) is 4.13. The summed E-state index contributed by atoms with van der Waals surface area (Å²) in [5.74, 6) is 0.810. The Morgan fingerprint density at radius 2 is 1.92 bits per heavy atom. The van der Waals surface area contributed by atoms with Crippen molar-refractivity contribution in [3.63, 3.8) is 0 Å². The van der Waals surface area contributed by atoms with Crippen LogP contribution in [0.5, 0.6) is 11.5 Å². The number of aromatic nitrogens is 3. The summed E-state index contributed by atoms with van der Waals surface area (Å²) in [5.41, 5.74) is 0.0292. The highest BCUT2D eigenvalue weighted by Crippen LogP contribution is 2.31. The van der Waals surface area contributed by atoms with Gasteiger partial charge in [0.25, 0.3) is 15.6 Å². The van der Waals surface area contributed by atoms with E-state index in [0.717, 1.165) is 4.68 Å². The predicted octanol–water partition coefficient (Wildman–Crippen LogP) is 0.851. The van der Waals surface area contributed by atoms with Crippen molar-refractivity contribution >= 4 is 21.2 Å². The SMILES string of the molecule is COc1ccc(OC)c(NS(=O)(=O)c2cc3c(=O)n(C)ncn3c2)c1. The van der Waals surface area contributed by atoms with Crippen molar-refractivity contribution in [2.75, 3.05) is 18.9 Å². The number of sulfonamides is 1. The van der Waals surface area contributed by atoms with Gasteiger partial charge < -0.3 is 9.47 Å². The number of ether oxygens (including phenoxy) is 2. The first-order valence-corrected chi connectivity index (χ1v) is 8.63. The molecule has 0 aliphatic rings. The third-order valence-corrected chi connectivity index (χ3v) is 4.98. The largest absolute Gasteiger partial charge is 0.497 e. The first-order valence-electron chi connectivity index (χ1n) is 7.14. The Labute approximate surface area is 143 Å². The van der Waals surface area contributed by atoms with E-state index in [1.807, 2.05) is 0 Å². The van der Waals surface area contributed by atoms with E-state index >= 15 is 0 Å². The summed E-state index contributed by atoms with van der Waals surface area (Å²) in [6.07, 6.45) is 2.68. The maximum absolute atomic E-state index is 12.7. The van der Waals surface area contributed by atoms with Gasteiger partial charge in [-0.05, 0) is 18.2 Å². The van der Waals surface area contributed by atoms with Crippen molar-refractivity contribution in [2.45, 2.75) is 4.90 Å². The molecule has 0 fully saturated rings. The number of fused-ring (bicyclic) bond motifs is 1. The van der Waals surface area contributed by atoms with Crippen LogP contribution in [0.25, 0.3) is 5.52 Å². The predicted molar refractivity (Wildman–Crippen MR) is 90.8 cm³/mol. The number of hydrogen-bond donors (Lipinski definition) is 1. The van der Waals surface area contributed by atoms with Gasteiger partial charge in [-0.25, -0.2) is 13.1 Å². The highest BCUT2D eigenvalue weighted by Gasteiger charge is 2.20. The maximum atomic E-state index is 12.7. The molecule has 0 aliphatic heterocycles. The molecule has 10 heteroatoms. The zero-order valence-corrected chi connectivity index (χ0v) is 14.6. The molecule has 25 heavy (non-hydrogen) atoms. The molecule has 0 bridgehead atoms. The first-order chi connectivity index (χ1) is 11.9. The zero-order valence-electron chi connectivity index (χ0n) is 13.8. The molecule has 2 heterocycles. The monoisotopic (exact) mass is 364 g/mol. The molecular formula is C15H16N4O5S. The smallest absolute Gasteiger partial charge is 0.290 e. The topological polar surface area (TPSA) is 104 Å². The third kappa shape index (κ3) is 3.03. The zero-order chi connectivity index (χ0) is 18.2. The molecule has 0 spiro atoms. The third-order valence-electron chi connectivity index (χ3n) is 3.65. The van der Waals surface area contributed by atoms with Crippen LogP contribution >= 0.6 is 0 Å². The van der Waals surface area contributed by atoms with Crippen LogP contribution in [0.3, 0.4) is 0 Å². The molecule has 0 amide bonds. The molecule has 1 N–H and O–H groups in total. The standard InChI is InChI=1S/C15H16N4O5S/c1-18-15(20)13-7-11(8-19(13)9-16-18)25(21,22)17-12-6-10(23-2)4-5-14(12)24-3/h4-9,17H,1-3H3. The van der Waals surface area contributed by atoms with Crippen LogP contribution < -0.4 is 19.8 Å². The number of rotatable bonds is 5. The van der Waals surface area contributed by atoms with E-state index in [2.05, 4.69) is 9.82 Å². The van der Waals surface area contributed by atoms with Crippen molar-refractivity contribution in [1.82, 2.24) is 14.2 Å². The van der Waals surface area contributed by atoms with Gasteiger partial charge in [0.05, 0.1) is 19.9 Å². The highest BCUT2D eigenvalue weighted by atomic mass is 32.2. The van der Waals surface area contributed by atoms with Crippen molar-refractivity contribution in [1.29, 1.82) is 0 Å². The summed E-state index contributed by atoms with van der Waals surface area (Å²) in [6.45, 7) is 0. The number of nitrogens with zero attached hydrogens (tertiary/aromatic N) is 3. The minimum absolute atomic E-state index is 0.0672. The van der Waals surface area contributed by atoms with Crippen LogP contribution in [0.4, 0.5) is 5.69 Å². The number of hydrogen-bond acceptors (Lipinski definition) is 6. The lowest BCUT2D eigenvalue weighted by Crippen LogP contribution is -2.20. The van der Waals surface area contributed by atoms with E-state index in [1.54, 1.807) is 12.1 Å². The molecule has 3 rings (SSSR count). The van der Waals surface area contributed by atoms with Crippen molar-refractivity contribution < 1.29 is 17.9 Å². The second-order valence-corrected chi connectivity index (χ2v) is 6.88. The minimum atomic E-state index is -3.94. The van der Waals surface area contributed by atoms with Crippen LogP contribution in [-0.4, -0.2) is 36.8 Å². The van der Waals surface area contributed by atoms with Gasteiger partial charge in [0.2, 0.25) is 0 Å². The molecule has 0 unspecified atom stereocenters. The molecule has 3 aromatic rings. The van der Waals surface area contributed by atoms with E-state index in [9.17, 15) is 13.2 Å². The lowest BCUT2D eigenvalue weighted by atomic mass is 10.3. The Bertz CT molecular complexity index is 1100. The van der Waals surface area contributed by atoms with E-state index < -0.39 is 15.6 Å². The fourth-order valence-corrected chi connectivity index (χ4v) is 3.40. The lowest BCUT2D eigenvalue weighted by molar-refractivity contribution is 0.405. The lowest BCUT2D eigenvalue weighted by Gasteiger charge is -2.12. The minimum Gasteiger partial charge on any atom is -0.497 e. The van der Waals surface area contributed by atoms with Crippen LogP contribution in [0.15, 0.2) is 46.5 Å². The van der Waals surface area contributed by atoms with Crippen molar-refractivity contribution in [2.24, 2.45) is 7.05 Å². The first kappa shape index (κ1) is 16.8. The summed E-state index contributed by atoms with van der Waals surface area (Å²) in [7, 11) is 0.452. The quantitative estimate of drug-likeness (QED) is 0.720. The molecule has 2 aromatic heterocycles. The average molecular weight is 364 g/mol. The molecule has 132 valence electrons. The number of methoxy groups -OCH3 is 2. The molecule has 1 aromatic carbocycles. The van der Waals surface area contributed by atoms with Gasteiger partial charge in [-0.2, -0.15) is 5.10 Å². The number of aryl methyl sites for hydroxylation is 1. The summed E-state index contributed by atoms with van der Waals surface area (Å²) in [4.78, 5) is 12.0. The van der Waals surface area contributed by atoms with Crippen LogP contribution in [0.2, 0.25) is 0 Å². The fourth-order valence-electron chi connectivity index (χ4n) is 2.32. The van der Waals surface area contributed by atoms with Crippen molar-refractivity contribution in [3.05, 3.63) is 47.1 Å². The normalized spacial score (nSPS) is 11.5. The number of benzene rings is 1. The number of anilines is 1. The summed E-state index contributed by atoms with van der Waals surface area (Å²) >= 11 is 0. The highest BCUT2D eigenvalue weighted by molar-refractivity contribution is 7.92. The molecular weight excluding hydrogens is 348 g/mol. The van der Waals surface area contributed by atoms with Gasteiger partial charge in [-0.1, -0.05) is 0 Å². The van der Waals surface area contributed by atoms with Gasteiger partial charge in [0.15, 0.2) is 0 Å². The molecule has 0 radical (unpaired) electrons. The molecule has 0 atom stereocenters. The molecule has 9 nitrogen and oxygen atoms in total. The van der Waals surface area contributed by atoms with E-state index in [1.165, 1.54) is 50.3 Å². The Balaban J connectivity index is 2.06. The van der Waals surface area contributed by atoms with Gasteiger partial charge in [-0.3, -0.25) is 13.9 Å². The van der Waals surface area contributed by atoms with Crippen molar-refractivity contribution in [3.8, 4) is 11.5 Å². The van der Waals surface area contributed by atoms with Crippen LogP contribution in [-0.2, 0) is 17.1 Å². The summed E-state index contributed by atoms with van der Waals surface area (Å²) in [6, 6.07) is 6.04.